The van der Waals surface area contributed by atoms with Crippen molar-refractivity contribution in [2.24, 2.45) is 17.1 Å². The first kappa shape index (κ1) is 12.9. The van der Waals surface area contributed by atoms with E-state index in [-0.39, 0.29) is 0 Å². The molecule has 13 heavy (non-hydrogen) atoms. The highest BCUT2D eigenvalue weighted by Gasteiger charge is 2.18. The van der Waals surface area contributed by atoms with Crippen LogP contribution in [0.3, 0.4) is 0 Å². The molecule has 0 fully saturated rings. The molecule has 0 aliphatic rings. The van der Waals surface area contributed by atoms with Crippen LogP contribution in [0, 0.1) is 11.3 Å². The summed E-state index contributed by atoms with van der Waals surface area (Å²) < 4.78 is 0. The predicted octanol–water partition coefficient (Wildman–Crippen LogP) is 1.49. The molecule has 0 rings (SSSR count). The largest absolute Gasteiger partial charge is 0.330 e. The minimum atomic E-state index is 0.346. The van der Waals surface area contributed by atoms with Gasteiger partial charge in [0, 0.05) is 13.6 Å². The lowest BCUT2D eigenvalue weighted by molar-refractivity contribution is -0.119. The minimum absolute atomic E-state index is 0.346. The van der Waals surface area contributed by atoms with E-state index in [0.29, 0.717) is 11.3 Å². The Morgan fingerprint density at radius 3 is 2.23 bits per heavy atom. The Hall–Kier alpha value is -0.120. The van der Waals surface area contributed by atoms with Gasteiger partial charge in [0.05, 0.1) is 7.11 Å². The van der Waals surface area contributed by atoms with Crippen molar-refractivity contribution < 1.29 is 4.84 Å². The molecule has 0 amide bonds. The van der Waals surface area contributed by atoms with Crippen LogP contribution in [0.1, 0.15) is 27.2 Å². The van der Waals surface area contributed by atoms with Crippen LogP contribution in [0.25, 0.3) is 0 Å². The second-order valence-corrected chi connectivity index (χ2v) is 4.86. The fourth-order valence-corrected chi connectivity index (χ4v) is 1.53. The van der Waals surface area contributed by atoms with Gasteiger partial charge in [-0.2, -0.15) is 5.06 Å². The lowest BCUT2D eigenvalue weighted by Crippen LogP contribution is -2.32. The molecule has 1 unspecified atom stereocenters. The Balaban J connectivity index is 3.89. The number of hydroxylamine groups is 2. The van der Waals surface area contributed by atoms with Crippen molar-refractivity contribution in [3.63, 3.8) is 0 Å². The standard InChI is InChI=1S/C10H24N2O/c1-10(2,3)6-9(7-11)8-12(4)13-5/h9H,6-8,11H2,1-5H3. The van der Waals surface area contributed by atoms with Gasteiger partial charge in [0.1, 0.15) is 0 Å². The monoisotopic (exact) mass is 188 g/mol. The van der Waals surface area contributed by atoms with E-state index in [1.165, 1.54) is 0 Å². The molecule has 0 aromatic heterocycles. The van der Waals surface area contributed by atoms with Gasteiger partial charge in [0.15, 0.2) is 0 Å². The summed E-state index contributed by atoms with van der Waals surface area (Å²) in [6, 6.07) is 0. The Labute approximate surface area is 82.2 Å². The van der Waals surface area contributed by atoms with E-state index < -0.39 is 0 Å². The maximum atomic E-state index is 5.70. The first-order chi connectivity index (χ1) is 5.89. The van der Waals surface area contributed by atoms with Crippen LogP contribution in [-0.2, 0) is 4.84 Å². The van der Waals surface area contributed by atoms with Gasteiger partial charge in [-0.15, -0.1) is 0 Å². The van der Waals surface area contributed by atoms with Gasteiger partial charge < -0.3 is 10.6 Å². The Bertz CT molecular complexity index is 131. The summed E-state index contributed by atoms with van der Waals surface area (Å²) in [6.07, 6.45) is 1.14. The number of hydrogen-bond donors (Lipinski definition) is 1. The molecule has 0 spiro atoms. The van der Waals surface area contributed by atoms with Gasteiger partial charge in [-0.3, -0.25) is 0 Å². The Morgan fingerprint density at radius 1 is 1.38 bits per heavy atom. The summed E-state index contributed by atoms with van der Waals surface area (Å²) in [7, 11) is 3.62. The van der Waals surface area contributed by atoms with Crippen LogP contribution in [0.2, 0.25) is 0 Å². The quantitative estimate of drug-likeness (QED) is 0.664. The molecule has 0 radical (unpaired) electrons. The highest BCUT2D eigenvalue weighted by molar-refractivity contribution is 4.70. The molecule has 80 valence electrons. The van der Waals surface area contributed by atoms with Crippen LogP contribution >= 0.6 is 0 Å². The zero-order valence-electron chi connectivity index (χ0n) is 9.63. The topological polar surface area (TPSA) is 38.5 Å². The van der Waals surface area contributed by atoms with Gasteiger partial charge in [-0.05, 0) is 24.3 Å². The number of nitrogens with zero attached hydrogens (tertiary/aromatic N) is 1. The Morgan fingerprint density at radius 2 is 1.92 bits per heavy atom. The van der Waals surface area contributed by atoms with Crippen molar-refractivity contribution in [2.45, 2.75) is 27.2 Å². The lowest BCUT2D eigenvalue weighted by Gasteiger charge is -2.27. The summed E-state index contributed by atoms with van der Waals surface area (Å²) in [5, 5.41) is 1.84. The van der Waals surface area contributed by atoms with Crippen LogP contribution in [-0.4, -0.2) is 32.3 Å². The third-order valence-corrected chi connectivity index (χ3v) is 2.06. The average Bonchev–Trinajstić information content (AvgIpc) is 2.00. The smallest absolute Gasteiger partial charge is 0.0575 e. The maximum Gasteiger partial charge on any atom is 0.0575 e. The summed E-state index contributed by atoms with van der Waals surface area (Å²) in [5.74, 6) is 0.518. The van der Waals surface area contributed by atoms with E-state index in [1.807, 2.05) is 12.1 Å². The van der Waals surface area contributed by atoms with Crippen LogP contribution in [0.15, 0.2) is 0 Å². The second-order valence-electron chi connectivity index (χ2n) is 4.86. The van der Waals surface area contributed by atoms with Gasteiger partial charge in [-0.25, -0.2) is 0 Å². The average molecular weight is 188 g/mol. The molecular formula is C10H24N2O. The van der Waals surface area contributed by atoms with E-state index in [0.717, 1.165) is 19.5 Å². The van der Waals surface area contributed by atoms with Gasteiger partial charge >= 0.3 is 0 Å². The molecule has 0 aliphatic carbocycles. The third kappa shape index (κ3) is 6.99. The molecule has 0 saturated heterocycles. The normalized spacial score (nSPS) is 15.0. The highest BCUT2D eigenvalue weighted by atomic mass is 16.7. The molecule has 3 heteroatoms. The molecule has 0 heterocycles. The van der Waals surface area contributed by atoms with Crippen molar-refractivity contribution in [3.8, 4) is 0 Å². The SMILES string of the molecule is CON(C)CC(CN)CC(C)(C)C. The second kappa shape index (κ2) is 5.58. The molecule has 0 aliphatic heterocycles. The third-order valence-electron chi connectivity index (χ3n) is 2.06. The molecule has 0 saturated carbocycles. The zero-order valence-corrected chi connectivity index (χ0v) is 9.63. The molecule has 0 aromatic carbocycles. The first-order valence-corrected chi connectivity index (χ1v) is 4.84. The van der Waals surface area contributed by atoms with E-state index >= 15 is 0 Å². The fraction of sp³-hybridized carbons (Fsp3) is 1.00. The van der Waals surface area contributed by atoms with E-state index in [4.69, 9.17) is 10.6 Å². The van der Waals surface area contributed by atoms with Crippen LogP contribution in [0.4, 0.5) is 0 Å². The minimum Gasteiger partial charge on any atom is -0.330 e. The summed E-state index contributed by atoms with van der Waals surface area (Å²) in [6.45, 7) is 8.35. The number of nitrogens with two attached hydrogens (primary N) is 1. The Kier molecular flexibility index (Phi) is 5.53. The van der Waals surface area contributed by atoms with E-state index in [1.54, 1.807) is 7.11 Å². The first-order valence-electron chi connectivity index (χ1n) is 4.84. The van der Waals surface area contributed by atoms with E-state index in [9.17, 15) is 0 Å². The molecular weight excluding hydrogens is 164 g/mol. The summed E-state index contributed by atoms with van der Waals surface area (Å²) in [4.78, 5) is 5.07. The molecule has 3 nitrogen and oxygen atoms in total. The summed E-state index contributed by atoms with van der Waals surface area (Å²) >= 11 is 0. The maximum absolute atomic E-state index is 5.70. The van der Waals surface area contributed by atoms with E-state index in [2.05, 4.69) is 20.8 Å². The van der Waals surface area contributed by atoms with Crippen LogP contribution < -0.4 is 5.73 Å². The summed E-state index contributed by atoms with van der Waals surface area (Å²) in [5.41, 5.74) is 6.05. The van der Waals surface area contributed by atoms with Crippen molar-refractivity contribution in [3.05, 3.63) is 0 Å². The van der Waals surface area contributed by atoms with Crippen LogP contribution in [0.5, 0.6) is 0 Å². The molecule has 1 atom stereocenters. The lowest BCUT2D eigenvalue weighted by atomic mass is 9.84. The van der Waals surface area contributed by atoms with Crippen molar-refractivity contribution in [2.75, 3.05) is 27.2 Å². The predicted molar refractivity (Wildman–Crippen MR) is 56.3 cm³/mol. The van der Waals surface area contributed by atoms with Crippen molar-refractivity contribution in [1.82, 2.24) is 5.06 Å². The van der Waals surface area contributed by atoms with Gasteiger partial charge in [0.2, 0.25) is 0 Å². The number of hydrogen-bond acceptors (Lipinski definition) is 3. The van der Waals surface area contributed by atoms with Crippen molar-refractivity contribution >= 4 is 0 Å². The molecule has 0 bridgehead atoms. The van der Waals surface area contributed by atoms with Crippen molar-refractivity contribution in [1.29, 1.82) is 0 Å². The van der Waals surface area contributed by atoms with Gasteiger partial charge in [0.25, 0.3) is 0 Å². The van der Waals surface area contributed by atoms with Gasteiger partial charge in [-0.1, -0.05) is 20.8 Å². The fourth-order valence-electron chi connectivity index (χ4n) is 1.53. The highest BCUT2D eigenvalue weighted by Crippen LogP contribution is 2.24. The molecule has 2 N–H and O–H groups in total. The molecule has 0 aromatic rings. The number of rotatable bonds is 5. The zero-order chi connectivity index (χ0) is 10.5.